The third kappa shape index (κ3) is 3.44. The summed E-state index contributed by atoms with van der Waals surface area (Å²) in [4.78, 5) is 36.8. The fourth-order valence-corrected chi connectivity index (χ4v) is 2.34. The van der Waals surface area contributed by atoms with E-state index in [1.54, 1.807) is 6.92 Å². The average molecular weight is 320 g/mol. The number of benzene rings is 1. The number of ether oxygens (including phenoxy) is 2. The lowest BCUT2D eigenvalue weighted by molar-refractivity contribution is -0.128. The van der Waals surface area contributed by atoms with E-state index in [0.29, 0.717) is 35.6 Å². The fourth-order valence-electron chi connectivity index (χ4n) is 2.34. The van der Waals surface area contributed by atoms with Crippen LogP contribution in [0.3, 0.4) is 0 Å². The minimum atomic E-state index is -0.738. The number of hydrogen-bond acceptors (Lipinski definition) is 5. The lowest BCUT2D eigenvalue weighted by Crippen LogP contribution is -2.49. The van der Waals surface area contributed by atoms with E-state index in [0.717, 1.165) is 6.42 Å². The van der Waals surface area contributed by atoms with Gasteiger partial charge in [-0.2, -0.15) is 0 Å². The molecule has 0 aliphatic carbocycles. The standard InChI is InChI=1S/C16H20N2O5/c1-4-5-17-14(20)8-18-12-6-11(9-19)7-13(22-3)15(12)23-10(2)16(18)21/h6-7,9-10H,4-5,8H2,1-3H3,(H,17,20). The van der Waals surface area contributed by atoms with E-state index in [9.17, 15) is 14.4 Å². The SMILES string of the molecule is CCCNC(=O)CN1C(=O)C(C)Oc2c(OC)cc(C=O)cc21. The quantitative estimate of drug-likeness (QED) is 0.795. The van der Waals surface area contributed by atoms with Crippen LogP contribution in [-0.4, -0.2) is 44.4 Å². The second-order valence-corrected chi connectivity index (χ2v) is 5.22. The smallest absolute Gasteiger partial charge is 0.268 e. The Morgan fingerprint density at radius 1 is 1.48 bits per heavy atom. The van der Waals surface area contributed by atoms with Gasteiger partial charge < -0.3 is 14.8 Å². The highest BCUT2D eigenvalue weighted by atomic mass is 16.5. The fraction of sp³-hybridized carbons (Fsp3) is 0.438. The molecule has 1 heterocycles. The molecule has 0 saturated carbocycles. The first-order valence-corrected chi connectivity index (χ1v) is 7.43. The second-order valence-electron chi connectivity index (χ2n) is 5.22. The summed E-state index contributed by atoms with van der Waals surface area (Å²) in [6, 6.07) is 3.05. The first-order chi connectivity index (χ1) is 11.0. The zero-order valence-corrected chi connectivity index (χ0v) is 13.4. The molecule has 1 aromatic carbocycles. The normalized spacial score (nSPS) is 16.4. The number of amides is 2. The van der Waals surface area contributed by atoms with E-state index in [4.69, 9.17) is 9.47 Å². The van der Waals surface area contributed by atoms with Crippen LogP contribution in [0.5, 0.6) is 11.5 Å². The van der Waals surface area contributed by atoms with E-state index in [2.05, 4.69) is 5.32 Å². The number of hydrogen-bond donors (Lipinski definition) is 1. The first-order valence-electron chi connectivity index (χ1n) is 7.43. The monoisotopic (exact) mass is 320 g/mol. The molecule has 7 nitrogen and oxygen atoms in total. The third-order valence-corrected chi connectivity index (χ3v) is 3.49. The van der Waals surface area contributed by atoms with E-state index < -0.39 is 6.10 Å². The van der Waals surface area contributed by atoms with Crippen LogP contribution in [0.1, 0.15) is 30.6 Å². The molecule has 0 fully saturated rings. The number of carbonyl (C=O) groups excluding carboxylic acids is 3. The first kappa shape index (κ1) is 16.8. The van der Waals surface area contributed by atoms with Crippen LogP contribution in [0.4, 0.5) is 5.69 Å². The highest BCUT2D eigenvalue weighted by Crippen LogP contribution is 2.42. The van der Waals surface area contributed by atoms with E-state index in [1.165, 1.54) is 24.1 Å². The molecule has 1 aromatic rings. The molecular formula is C16H20N2O5. The van der Waals surface area contributed by atoms with Crippen molar-refractivity contribution in [3.63, 3.8) is 0 Å². The van der Waals surface area contributed by atoms with Crippen LogP contribution in [0, 0.1) is 0 Å². The third-order valence-electron chi connectivity index (χ3n) is 3.49. The van der Waals surface area contributed by atoms with Gasteiger partial charge >= 0.3 is 0 Å². The molecule has 0 bridgehead atoms. The predicted octanol–water partition coefficient (Wildman–Crippen LogP) is 1.15. The van der Waals surface area contributed by atoms with Gasteiger partial charge in [0.1, 0.15) is 12.8 Å². The second kappa shape index (κ2) is 7.13. The Morgan fingerprint density at radius 2 is 2.22 bits per heavy atom. The summed E-state index contributed by atoms with van der Waals surface area (Å²) in [5, 5.41) is 2.73. The number of carbonyl (C=O) groups is 3. The average Bonchev–Trinajstić information content (AvgIpc) is 2.56. The topological polar surface area (TPSA) is 84.9 Å². The molecule has 1 unspecified atom stereocenters. The summed E-state index contributed by atoms with van der Waals surface area (Å²) < 4.78 is 10.8. The van der Waals surface area contributed by atoms with Gasteiger partial charge in [-0.15, -0.1) is 0 Å². The number of nitrogens with one attached hydrogen (secondary N) is 1. The Kier molecular flexibility index (Phi) is 5.20. The molecule has 1 aliphatic heterocycles. The molecule has 1 aliphatic rings. The number of rotatable bonds is 6. The van der Waals surface area contributed by atoms with E-state index in [-0.39, 0.29) is 18.4 Å². The van der Waals surface area contributed by atoms with Crippen LogP contribution < -0.4 is 19.7 Å². The van der Waals surface area contributed by atoms with Crippen molar-refractivity contribution in [2.75, 3.05) is 25.1 Å². The van der Waals surface area contributed by atoms with Crippen molar-refractivity contribution in [2.45, 2.75) is 26.4 Å². The Balaban J connectivity index is 2.41. The van der Waals surface area contributed by atoms with Gasteiger partial charge in [-0.25, -0.2) is 0 Å². The zero-order valence-electron chi connectivity index (χ0n) is 13.4. The summed E-state index contributed by atoms with van der Waals surface area (Å²) in [7, 11) is 1.45. The molecule has 7 heteroatoms. The van der Waals surface area contributed by atoms with Crippen LogP contribution in [0.15, 0.2) is 12.1 Å². The van der Waals surface area contributed by atoms with Gasteiger partial charge in [0.05, 0.1) is 12.8 Å². The minimum Gasteiger partial charge on any atom is -0.493 e. The van der Waals surface area contributed by atoms with Crippen molar-refractivity contribution in [1.29, 1.82) is 0 Å². The molecule has 2 rings (SSSR count). The van der Waals surface area contributed by atoms with Gasteiger partial charge in [-0.05, 0) is 25.5 Å². The summed E-state index contributed by atoms with van der Waals surface area (Å²) >= 11 is 0. The van der Waals surface area contributed by atoms with Crippen LogP contribution in [0.25, 0.3) is 0 Å². The van der Waals surface area contributed by atoms with Crippen molar-refractivity contribution in [3.05, 3.63) is 17.7 Å². The van der Waals surface area contributed by atoms with Gasteiger partial charge in [0.2, 0.25) is 5.91 Å². The van der Waals surface area contributed by atoms with E-state index >= 15 is 0 Å². The Labute approximate surface area is 134 Å². The number of aldehydes is 1. The lowest BCUT2D eigenvalue weighted by Gasteiger charge is -2.33. The molecule has 1 N–H and O–H groups in total. The highest BCUT2D eigenvalue weighted by molar-refractivity contribution is 6.04. The number of methoxy groups -OCH3 is 1. The van der Waals surface area contributed by atoms with Crippen LogP contribution in [0.2, 0.25) is 0 Å². The summed E-state index contributed by atoms with van der Waals surface area (Å²) in [5.41, 5.74) is 0.701. The molecule has 23 heavy (non-hydrogen) atoms. The maximum Gasteiger partial charge on any atom is 0.268 e. The number of anilines is 1. The van der Waals surface area contributed by atoms with Crippen molar-refractivity contribution < 1.29 is 23.9 Å². The molecule has 0 spiro atoms. The minimum absolute atomic E-state index is 0.134. The molecular weight excluding hydrogens is 300 g/mol. The Hall–Kier alpha value is -2.57. The maximum atomic E-state index is 12.4. The maximum absolute atomic E-state index is 12.4. The lowest BCUT2D eigenvalue weighted by atomic mass is 10.1. The highest BCUT2D eigenvalue weighted by Gasteiger charge is 2.35. The van der Waals surface area contributed by atoms with Gasteiger partial charge in [0.15, 0.2) is 17.6 Å². The summed E-state index contributed by atoms with van der Waals surface area (Å²) in [5.74, 6) is 0.0985. The van der Waals surface area contributed by atoms with Crippen molar-refractivity contribution in [2.24, 2.45) is 0 Å². The van der Waals surface area contributed by atoms with Crippen LogP contribution >= 0.6 is 0 Å². The van der Waals surface area contributed by atoms with Gasteiger partial charge in [-0.3, -0.25) is 19.3 Å². The van der Waals surface area contributed by atoms with Crippen molar-refractivity contribution >= 4 is 23.8 Å². The van der Waals surface area contributed by atoms with Crippen molar-refractivity contribution in [1.82, 2.24) is 5.32 Å². The zero-order chi connectivity index (χ0) is 17.0. The molecule has 0 saturated heterocycles. The number of nitrogens with zero attached hydrogens (tertiary/aromatic N) is 1. The molecule has 2 amide bonds. The molecule has 124 valence electrons. The molecule has 1 atom stereocenters. The van der Waals surface area contributed by atoms with Gasteiger partial charge in [0.25, 0.3) is 5.91 Å². The number of fused-ring (bicyclic) bond motifs is 1. The van der Waals surface area contributed by atoms with E-state index in [1.807, 2.05) is 6.92 Å². The van der Waals surface area contributed by atoms with Gasteiger partial charge in [-0.1, -0.05) is 6.92 Å². The Morgan fingerprint density at radius 3 is 2.83 bits per heavy atom. The van der Waals surface area contributed by atoms with Crippen LogP contribution in [-0.2, 0) is 9.59 Å². The van der Waals surface area contributed by atoms with Crippen molar-refractivity contribution in [3.8, 4) is 11.5 Å². The van der Waals surface area contributed by atoms with Gasteiger partial charge in [0, 0.05) is 12.1 Å². The largest absolute Gasteiger partial charge is 0.493 e. The molecule has 0 aromatic heterocycles. The predicted molar refractivity (Wildman–Crippen MR) is 84.1 cm³/mol. The summed E-state index contributed by atoms with van der Waals surface area (Å²) in [6.07, 6.45) is 0.719. The molecule has 0 radical (unpaired) electrons. The summed E-state index contributed by atoms with van der Waals surface area (Å²) in [6.45, 7) is 3.95. The Bertz CT molecular complexity index is 629.